The summed E-state index contributed by atoms with van der Waals surface area (Å²) in [6.07, 6.45) is 8.61. The minimum atomic E-state index is -2.64. The summed E-state index contributed by atoms with van der Waals surface area (Å²) in [4.78, 5) is 0. The summed E-state index contributed by atoms with van der Waals surface area (Å²) in [6.45, 7) is 7.13. The minimum Gasteiger partial charge on any atom is -0.114 e. The predicted molar refractivity (Wildman–Crippen MR) is 183 cm³/mol. The third-order valence-electron chi connectivity index (χ3n) is 10.2. The second kappa shape index (κ2) is 11.1. The molecule has 2 aliphatic rings. The van der Waals surface area contributed by atoms with Gasteiger partial charge in [-0.1, -0.05) is 137 Å². The fraction of sp³-hybridized carbons (Fsp3) is 0.268. The second-order valence-corrected chi connectivity index (χ2v) is 16.0. The van der Waals surface area contributed by atoms with Gasteiger partial charge in [-0.2, -0.15) is 0 Å². The average molecular weight is 561 g/mol. The Bertz CT molecular complexity index is 1830. The molecule has 0 amide bonds. The fourth-order valence-electron chi connectivity index (χ4n) is 8.41. The molecule has 0 aromatic heterocycles. The Hall–Kier alpha value is -3.86. The molecule has 0 saturated heterocycles. The zero-order valence-electron chi connectivity index (χ0n) is 25.3. The van der Waals surface area contributed by atoms with Crippen LogP contribution in [-0.2, 0) is 12.8 Å². The van der Waals surface area contributed by atoms with Crippen molar-refractivity contribution in [1.29, 1.82) is 0 Å². The van der Waals surface area contributed by atoms with Gasteiger partial charge in [0.25, 0.3) is 0 Å². The van der Waals surface area contributed by atoms with Gasteiger partial charge in [0.15, 0.2) is 0 Å². The van der Waals surface area contributed by atoms with E-state index in [1.807, 2.05) is 0 Å². The van der Waals surface area contributed by atoms with Gasteiger partial charge in [-0.05, 0) is 97.5 Å². The molecule has 1 fully saturated rings. The Kier molecular flexibility index (Phi) is 7.13. The zero-order chi connectivity index (χ0) is 28.7. The minimum absolute atomic E-state index is 0.596. The van der Waals surface area contributed by atoms with E-state index in [4.69, 9.17) is 0 Å². The first-order valence-electron chi connectivity index (χ1n) is 16.0. The van der Waals surface area contributed by atoms with Crippen LogP contribution >= 0.6 is 0 Å². The van der Waals surface area contributed by atoms with Crippen LogP contribution in [-0.4, -0.2) is 8.07 Å². The molecular formula is C41H40Si. The lowest BCUT2D eigenvalue weighted by molar-refractivity contribution is 0.497. The number of benzene rings is 5. The van der Waals surface area contributed by atoms with Crippen LogP contribution < -0.4 is 10.4 Å². The predicted octanol–water partition coefficient (Wildman–Crippen LogP) is 9.41. The molecule has 0 N–H and O–H groups in total. The lowest BCUT2D eigenvalue weighted by atomic mass is 9.83. The van der Waals surface area contributed by atoms with E-state index in [9.17, 15) is 0 Å². The summed E-state index contributed by atoms with van der Waals surface area (Å²) in [7, 11) is -2.64. The maximum absolute atomic E-state index is 4.29. The Labute approximate surface area is 252 Å². The first-order valence-corrected chi connectivity index (χ1v) is 18.1. The third-order valence-corrected chi connectivity index (χ3v) is 15.0. The molecule has 1 unspecified atom stereocenters. The van der Waals surface area contributed by atoms with Gasteiger partial charge in [-0.25, -0.2) is 0 Å². The molecule has 1 heterocycles. The summed E-state index contributed by atoms with van der Waals surface area (Å²) < 4.78 is 0. The van der Waals surface area contributed by atoms with Crippen LogP contribution in [0.1, 0.15) is 68.2 Å². The lowest BCUT2D eigenvalue weighted by Crippen LogP contribution is -2.64. The van der Waals surface area contributed by atoms with Crippen molar-refractivity contribution in [2.45, 2.75) is 71.3 Å². The largest absolute Gasteiger partial charge is 0.204 e. The molecule has 1 atom stereocenters. The van der Waals surface area contributed by atoms with Crippen molar-refractivity contribution in [1.82, 2.24) is 0 Å². The van der Waals surface area contributed by atoms with E-state index in [0.717, 1.165) is 18.4 Å². The van der Waals surface area contributed by atoms with Crippen LogP contribution in [0.3, 0.4) is 0 Å². The quantitative estimate of drug-likeness (QED) is 0.152. The van der Waals surface area contributed by atoms with Gasteiger partial charge < -0.3 is 0 Å². The van der Waals surface area contributed by atoms with E-state index in [2.05, 4.69) is 129 Å². The highest BCUT2D eigenvalue weighted by Crippen LogP contribution is 2.47. The Morgan fingerprint density at radius 1 is 0.690 bits per heavy atom. The maximum atomic E-state index is 4.29. The van der Waals surface area contributed by atoms with Crippen molar-refractivity contribution in [3.05, 3.63) is 119 Å². The van der Waals surface area contributed by atoms with Gasteiger partial charge in [0.2, 0.25) is 8.07 Å². The van der Waals surface area contributed by atoms with Crippen LogP contribution in [0.5, 0.6) is 0 Å². The van der Waals surface area contributed by atoms with Crippen LogP contribution in [0, 0.1) is 18.4 Å². The number of rotatable bonds is 4. The van der Waals surface area contributed by atoms with E-state index < -0.39 is 8.07 Å². The topological polar surface area (TPSA) is 0 Å². The van der Waals surface area contributed by atoms with Crippen molar-refractivity contribution in [3.63, 3.8) is 0 Å². The molecule has 5 aromatic carbocycles. The summed E-state index contributed by atoms with van der Waals surface area (Å²) in [5.74, 6) is 3.84. The SMILES string of the molecule is CCc1c(C)c2c(c(-c3ccccc3)c1CC)[Si](C#Cc1ccccc1)(C1CCCCC1)c1cccc3cccc-2c13. The van der Waals surface area contributed by atoms with Gasteiger partial charge in [-0.3, -0.25) is 0 Å². The normalized spacial score (nSPS) is 17.9. The van der Waals surface area contributed by atoms with E-state index in [0.29, 0.717) is 5.54 Å². The third kappa shape index (κ3) is 4.11. The van der Waals surface area contributed by atoms with Crippen LogP contribution in [0.15, 0.2) is 97.1 Å². The van der Waals surface area contributed by atoms with Gasteiger partial charge in [0.1, 0.15) is 0 Å². The van der Waals surface area contributed by atoms with Crippen LogP contribution in [0.4, 0.5) is 0 Å². The van der Waals surface area contributed by atoms with Gasteiger partial charge >= 0.3 is 0 Å². The van der Waals surface area contributed by atoms with Crippen molar-refractivity contribution in [2.24, 2.45) is 0 Å². The van der Waals surface area contributed by atoms with Crippen molar-refractivity contribution < 1.29 is 0 Å². The average Bonchev–Trinajstić information content (AvgIpc) is 3.06. The Morgan fingerprint density at radius 2 is 1.36 bits per heavy atom. The number of fused-ring (bicyclic) bond motifs is 2. The highest BCUT2D eigenvalue weighted by Gasteiger charge is 2.51. The molecule has 1 saturated carbocycles. The molecule has 1 heteroatoms. The second-order valence-electron chi connectivity index (χ2n) is 12.2. The van der Waals surface area contributed by atoms with Gasteiger partial charge in [0, 0.05) is 5.56 Å². The molecule has 5 aromatic rings. The van der Waals surface area contributed by atoms with Crippen LogP contribution in [0.2, 0.25) is 5.54 Å². The Morgan fingerprint density at radius 3 is 2.05 bits per heavy atom. The van der Waals surface area contributed by atoms with Gasteiger partial charge in [-0.15, -0.1) is 5.54 Å². The molecule has 0 nitrogen and oxygen atoms in total. The first kappa shape index (κ1) is 27.0. The zero-order valence-corrected chi connectivity index (χ0v) is 26.3. The molecule has 1 aliphatic heterocycles. The van der Waals surface area contributed by atoms with Crippen molar-refractivity contribution in [3.8, 4) is 33.7 Å². The lowest BCUT2D eigenvalue weighted by Gasteiger charge is -2.45. The fourth-order valence-corrected chi connectivity index (χ4v) is 14.0. The summed E-state index contributed by atoms with van der Waals surface area (Å²) in [5, 5.41) is 6.01. The first-order chi connectivity index (χ1) is 20.7. The molecule has 7 rings (SSSR count). The number of hydrogen-bond donors (Lipinski definition) is 0. The van der Waals surface area contributed by atoms with Crippen molar-refractivity contribution >= 4 is 29.2 Å². The molecule has 42 heavy (non-hydrogen) atoms. The summed E-state index contributed by atoms with van der Waals surface area (Å²) in [6, 6.07) is 36.2. The van der Waals surface area contributed by atoms with E-state index in [1.165, 1.54) is 76.3 Å². The maximum Gasteiger partial charge on any atom is 0.204 e. The van der Waals surface area contributed by atoms with E-state index >= 15 is 0 Å². The molecule has 208 valence electrons. The monoisotopic (exact) mass is 560 g/mol. The summed E-state index contributed by atoms with van der Waals surface area (Å²) >= 11 is 0. The number of hydrogen-bond acceptors (Lipinski definition) is 0. The highest BCUT2D eigenvalue weighted by molar-refractivity contribution is 7.12. The molecule has 0 bridgehead atoms. The van der Waals surface area contributed by atoms with Crippen molar-refractivity contribution in [2.75, 3.05) is 0 Å². The smallest absolute Gasteiger partial charge is 0.114 e. The summed E-state index contributed by atoms with van der Waals surface area (Å²) in [5.41, 5.74) is 16.4. The molecular weight excluding hydrogens is 521 g/mol. The van der Waals surface area contributed by atoms with Gasteiger partial charge in [0.05, 0.1) is 0 Å². The molecule has 0 spiro atoms. The molecule has 0 radical (unpaired) electrons. The standard InChI is InChI=1S/C41H40Si/c1-4-34-29(3)38-36-25-15-21-31-22-16-26-37(39(31)36)42(33-23-13-8-14-24-33,28-27-30-17-9-6-10-18-30)41(38)40(35(34)5-2)32-19-11-7-12-20-32/h6-7,9-12,15-22,25-26,33H,4-5,8,13-14,23-24H2,1-3H3. The van der Waals surface area contributed by atoms with E-state index in [1.54, 1.807) is 15.9 Å². The Balaban J connectivity index is 1.74. The van der Waals surface area contributed by atoms with E-state index in [-0.39, 0.29) is 0 Å². The van der Waals surface area contributed by atoms with Crippen LogP contribution in [0.25, 0.3) is 33.0 Å². The highest BCUT2D eigenvalue weighted by atomic mass is 28.3. The molecule has 1 aliphatic carbocycles.